The molecule has 0 aliphatic carbocycles. The SMILES string of the molecule is CCCCCCCCCCCCCCOc1ccccc1NC(=O)C(C(=O)C(C)(C)C)N1C(=O)OC(CCCC)C1=O. The Kier molecular flexibility index (Phi) is 15.6. The van der Waals surface area contributed by atoms with E-state index in [9.17, 15) is 19.2 Å². The van der Waals surface area contributed by atoms with E-state index in [1.54, 1.807) is 39.0 Å². The zero-order chi connectivity index (χ0) is 31.0. The molecule has 236 valence electrons. The molecule has 1 N–H and O–H groups in total. The van der Waals surface area contributed by atoms with Gasteiger partial charge >= 0.3 is 6.09 Å². The van der Waals surface area contributed by atoms with Crippen molar-refractivity contribution in [3.8, 4) is 5.75 Å². The number of amides is 3. The van der Waals surface area contributed by atoms with Gasteiger partial charge in [0.05, 0.1) is 12.3 Å². The summed E-state index contributed by atoms with van der Waals surface area (Å²) in [5.41, 5.74) is -0.593. The minimum Gasteiger partial charge on any atom is -0.491 e. The van der Waals surface area contributed by atoms with Gasteiger partial charge in [-0.25, -0.2) is 9.69 Å². The third kappa shape index (κ3) is 11.4. The van der Waals surface area contributed by atoms with Crippen molar-refractivity contribution in [2.75, 3.05) is 11.9 Å². The number of hydrogen-bond donors (Lipinski definition) is 1. The number of carbonyl (C=O) groups excluding carboxylic acids is 4. The number of hydrogen-bond acceptors (Lipinski definition) is 6. The Balaban J connectivity index is 1.91. The number of rotatable bonds is 21. The third-order valence-corrected chi connectivity index (χ3v) is 7.67. The van der Waals surface area contributed by atoms with E-state index in [-0.39, 0.29) is 0 Å². The molecule has 1 fully saturated rings. The van der Waals surface area contributed by atoms with Crippen LogP contribution in [0.2, 0.25) is 0 Å². The first-order valence-electron chi connectivity index (χ1n) is 16.2. The Morgan fingerprint density at radius 1 is 0.857 bits per heavy atom. The summed E-state index contributed by atoms with van der Waals surface area (Å²) in [5, 5.41) is 2.75. The average molecular weight is 587 g/mol. The second-order valence-electron chi connectivity index (χ2n) is 12.5. The molecule has 3 amide bonds. The van der Waals surface area contributed by atoms with Gasteiger partial charge in [-0.05, 0) is 31.4 Å². The number of unbranched alkanes of at least 4 members (excludes halogenated alkanes) is 12. The minimum absolute atomic E-state index is 0.353. The van der Waals surface area contributed by atoms with Gasteiger partial charge in [-0.2, -0.15) is 0 Å². The number of nitrogens with zero attached hydrogens (tertiary/aromatic N) is 1. The minimum atomic E-state index is -1.64. The highest BCUT2D eigenvalue weighted by Gasteiger charge is 2.51. The van der Waals surface area contributed by atoms with Gasteiger partial charge in [0.25, 0.3) is 11.8 Å². The maximum Gasteiger partial charge on any atom is 0.418 e. The fourth-order valence-corrected chi connectivity index (χ4v) is 5.06. The first-order valence-corrected chi connectivity index (χ1v) is 16.2. The monoisotopic (exact) mass is 586 g/mol. The molecule has 0 spiro atoms. The number of Topliss-reactive ketones (excluding diaryl/α,β-unsaturated/α-hetero) is 1. The lowest BCUT2D eigenvalue weighted by molar-refractivity contribution is -0.144. The largest absolute Gasteiger partial charge is 0.491 e. The van der Waals surface area contributed by atoms with Crippen molar-refractivity contribution in [2.45, 2.75) is 143 Å². The van der Waals surface area contributed by atoms with Crippen LogP contribution >= 0.6 is 0 Å². The van der Waals surface area contributed by atoms with Crippen molar-refractivity contribution < 1.29 is 28.7 Å². The summed E-state index contributed by atoms with van der Waals surface area (Å²) in [5.74, 6) is -1.48. The molecule has 1 aliphatic heterocycles. The summed E-state index contributed by atoms with van der Waals surface area (Å²) in [6, 6.07) is 5.36. The number of imide groups is 1. The molecule has 1 aromatic rings. The predicted molar refractivity (Wildman–Crippen MR) is 167 cm³/mol. The Labute approximate surface area is 253 Å². The van der Waals surface area contributed by atoms with Gasteiger partial charge in [0.2, 0.25) is 0 Å². The quantitative estimate of drug-likeness (QED) is 0.115. The number of benzene rings is 1. The van der Waals surface area contributed by atoms with Crippen molar-refractivity contribution >= 4 is 29.4 Å². The molecular formula is C34H54N2O6. The molecule has 0 saturated carbocycles. The van der Waals surface area contributed by atoms with Gasteiger partial charge in [-0.15, -0.1) is 0 Å². The number of anilines is 1. The van der Waals surface area contributed by atoms with Crippen LogP contribution < -0.4 is 10.1 Å². The highest BCUT2D eigenvalue weighted by molar-refractivity contribution is 6.18. The first-order chi connectivity index (χ1) is 20.1. The van der Waals surface area contributed by atoms with Gasteiger partial charge < -0.3 is 14.8 Å². The fraction of sp³-hybridized carbons (Fsp3) is 0.706. The summed E-state index contributed by atoms with van der Waals surface area (Å²) in [6.07, 6.45) is 15.0. The Morgan fingerprint density at radius 2 is 1.40 bits per heavy atom. The summed E-state index contributed by atoms with van der Waals surface area (Å²) in [4.78, 5) is 53.5. The molecule has 2 unspecified atom stereocenters. The normalized spacial score (nSPS) is 15.9. The standard InChI is InChI=1S/C34H54N2O6/c1-6-8-10-11-12-13-14-15-16-17-18-21-25-41-27-24-20-19-22-26(27)35-31(38)29(30(37)34(3,4)5)36-32(39)28(23-9-7-2)42-33(36)40/h19-20,22,24,28-29H,6-18,21,23,25H2,1-5H3,(H,35,38). The van der Waals surface area contributed by atoms with E-state index >= 15 is 0 Å². The van der Waals surface area contributed by atoms with Crippen LogP contribution in [0.3, 0.4) is 0 Å². The summed E-state index contributed by atoms with van der Waals surface area (Å²) in [6.45, 7) is 9.68. The van der Waals surface area contributed by atoms with E-state index in [0.717, 1.165) is 19.3 Å². The number of nitrogens with one attached hydrogen (secondary N) is 1. The highest BCUT2D eigenvalue weighted by Crippen LogP contribution is 2.29. The first kappa shape index (κ1) is 35.3. The van der Waals surface area contributed by atoms with Crippen LogP contribution in [-0.2, 0) is 19.1 Å². The average Bonchev–Trinajstić information content (AvgIpc) is 3.22. The second-order valence-corrected chi connectivity index (χ2v) is 12.5. The highest BCUT2D eigenvalue weighted by atomic mass is 16.6. The van der Waals surface area contributed by atoms with Gasteiger partial charge in [0.15, 0.2) is 17.9 Å². The molecule has 2 rings (SSSR count). The summed E-state index contributed by atoms with van der Waals surface area (Å²) < 4.78 is 11.3. The molecular weight excluding hydrogens is 532 g/mol. The number of cyclic esters (lactones) is 1. The molecule has 0 radical (unpaired) electrons. The topological polar surface area (TPSA) is 102 Å². The van der Waals surface area contributed by atoms with E-state index in [1.165, 1.54) is 64.2 Å². The van der Waals surface area contributed by atoms with Gasteiger partial charge in [0, 0.05) is 5.41 Å². The summed E-state index contributed by atoms with van der Waals surface area (Å²) >= 11 is 0. The van der Waals surface area contributed by atoms with Crippen LogP contribution in [0.25, 0.3) is 0 Å². The number of para-hydroxylation sites is 2. The molecule has 1 heterocycles. The van der Waals surface area contributed by atoms with Crippen LogP contribution in [0.15, 0.2) is 24.3 Å². The lowest BCUT2D eigenvalue weighted by Gasteiger charge is -2.28. The molecule has 42 heavy (non-hydrogen) atoms. The van der Waals surface area contributed by atoms with E-state index in [2.05, 4.69) is 12.2 Å². The van der Waals surface area contributed by atoms with E-state index in [4.69, 9.17) is 9.47 Å². The fourth-order valence-electron chi connectivity index (χ4n) is 5.06. The summed E-state index contributed by atoms with van der Waals surface area (Å²) in [7, 11) is 0. The van der Waals surface area contributed by atoms with Crippen molar-refractivity contribution in [3.05, 3.63) is 24.3 Å². The molecule has 1 saturated heterocycles. The number of carbonyl (C=O) groups is 4. The Morgan fingerprint density at radius 3 is 1.98 bits per heavy atom. The van der Waals surface area contributed by atoms with Gasteiger partial charge in [-0.1, -0.05) is 124 Å². The molecule has 0 bridgehead atoms. The number of ether oxygens (including phenoxy) is 2. The molecule has 1 aliphatic rings. The maximum atomic E-state index is 13.6. The van der Waals surface area contributed by atoms with Crippen LogP contribution in [0.5, 0.6) is 5.75 Å². The second kappa shape index (κ2) is 18.6. The van der Waals surface area contributed by atoms with Crippen LogP contribution in [-0.4, -0.2) is 47.3 Å². The van der Waals surface area contributed by atoms with Crippen molar-refractivity contribution in [1.29, 1.82) is 0 Å². The lowest BCUT2D eigenvalue weighted by atomic mass is 9.85. The van der Waals surface area contributed by atoms with Crippen LogP contribution in [0.1, 0.15) is 131 Å². The maximum absolute atomic E-state index is 13.6. The van der Waals surface area contributed by atoms with Crippen molar-refractivity contribution in [1.82, 2.24) is 4.90 Å². The molecule has 8 heteroatoms. The van der Waals surface area contributed by atoms with Crippen LogP contribution in [0, 0.1) is 5.41 Å². The molecule has 8 nitrogen and oxygen atoms in total. The molecule has 0 aromatic heterocycles. The lowest BCUT2D eigenvalue weighted by Crippen LogP contribution is -2.55. The third-order valence-electron chi connectivity index (χ3n) is 7.67. The Bertz CT molecular complexity index is 1000. The number of ketones is 1. The molecule has 1 aromatic carbocycles. The Hall–Kier alpha value is -2.90. The van der Waals surface area contributed by atoms with Crippen LogP contribution in [0.4, 0.5) is 10.5 Å². The smallest absolute Gasteiger partial charge is 0.418 e. The van der Waals surface area contributed by atoms with Crippen molar-refractivity contribution in [3.63, 3.8) is 0 Å². The van der Waals surface area contributed by atoms with Gasteiger partial charge in [-0.3, -0.25) is 14.4 Å². The molecule has 2 atom stereocenters. The van der Waals surface area contributed by atoms with E-state index < -0.39 is 41.3 Å². The predicted octanol–water partition coefficient (Wildman–Crippen LogP) is 8.23. The van der Waals surface area contributed by atoms with E-state index in [1.807, 2.05) is 13.0 Å². The van der Waals surface area contributed by atoms with Crippen molar-refractivity contribution in [2.24, 2.45) is 5.41 Å². The van der Waals surface area contributed by atoms with E-state index in [0.29, 0.717) is 35.8 Å². The zero-order valence-corrected chi connectivity index (χ0v) is 26.7. The zero-order valence-electron chi connectivity index (χ0n) is 26.7. The van der Waals surface area contributed by atoms with Gasteiger partial charge in [0.1, 0.15) is 5.75 Å².